The van der Waals surface area contributed by atoms with Crippen molar-refractivity contribution in [3.8, 4) is 6.07 Å². The van der Waals surface area contributed by atoms with Crippen LogP contribution in [0.3, 0.4) is 0 Å². The summed E-state index contributed by atoms with van der Waals surface area (Å²) in [5.74, 6) is 0. The van der Waals surface area contributed by atoms with Crippen LogP contribution in [-0.4, -0.2) is 37.0 Å². The third-order valence-electron chi connectivity index (χ3n) is 3.64. The number of anilines is 1. The molecule has 1 saturated heterocycles. The second kappa shape index (κ2) is 3.77. The number of fused-ring (bicyclic) bond motifs is 3. The van der Waals surface area contributed by atoms with Gasteiger partial charge >= 0.3 is 0 Å². The molecule has 0 aromatic heterocycles. The highest BCUT2D eigenvalue weighted by molar-refractivity contribution is 5.63. The first-order valence-electron chi connectivity index (χ1n) is 5.81. The van der Waals surface area contributed by atoms with E-state index in [0.717, 1.165) is 38.0 Å². The highest BCUT2D eigenvalue weighted by Crippen LogP contribution is 2.34. The van der Waals surface area contributed by atoms with Crippen LogP contribution in [0.4, 0.5) is 5.69 Å². The maximum atomic E-state index is 10.8. The van der Waals surface area contributed by atoms with Gasteiger partial charge < -0.3 is 9.80 Å². The smallest absolute Gasteiger partial charge is 0.209 e. The molecule has 2 aliphatic heterocycles. The van der Waals surface area contributed by atoms with Crippen LogP contribution in [0.1, 0.15) is 11.1 Å². The van der Waals surface area contributed by atoms with Crippen LogP contribution in [0, 0.1) is 11.3 Å². The van der Waals surface area contributed by atoms with Gasteiger partial charge in [0.15, 0.2) is 0 Å². The molecule has 0 radical (unpaired) electrons. The van der Waals surface area contributed by atoms with E-state index in [1.54, 1.807) is 0 Å². The van der Waals surface area contributed by atoms with Crippen LogP contribution in [0.15, 0.2) is 18.2 Å². The van der Waals surface area contributed by atoms with Crippen molar-refractivity contribution in [2.24, 2.45) is 0 Å². The number of hydrogen-bond donors (Lipinski definition) is 0. The van der Waals surface area contributed by atoms with E-state index in [0.29, 0.717) is 6.04 Å². The number of nitrogens with zero attached hydrogens (tertiary/aromatic N) is 3. The Hall–Kier alpha value is -2.02. The van der Waals surface area contributed by atoms with Gasteiger partial charge in [-0.2, -0.15) is 5.26 Å². The molecule has 2 aliphatic rings. The first-order valence-corrected chi connectivity index (χ1v) is 5.81. The lowest BCUT2D eigenvalue weighted by atomic mass is 10.1. The van der Waals surface area contributed by atoms with Gasteiger partial charge in [0.05, 0.1) is 17.7 Å². The maximum absolute atomic E-state index is 10.8. The molecule has 4 nitrogen and oxygen atoms in total. The largest absolute Gasteiger partial charge is 0.364 e. The summed E-state index contributed by atoms with van der Waals surface area (Å²) in [6, 6.07) is 8.43. The standard InChI is InChI=1S/C13H13N3O/c14-7-10-1-2-13-11(5-10)6-12-8-15(9-17)3-4-16(12)13/h1-2,5,9,12H,3-4,6,8H2. The van der Waals surface area contributed by atoms with Gasteiger partial charge in [-0.3, -0.25) is 4.79 Å². The van der Waals surface area contributed by atoms with E-state index in [2.05, 4.69) is 11.0 Å². The molecule has 0 bridgehead atoms. The molecule has 2 heterocycles. The summed E-state index contributed by atoms with van der Waals surface area (Å²) in [5, 5.41) is 8.89. The topological polar surface area (TPSA) is 47.3 Å². The second-order valence-corrected chi connectivity index (χ2v) is 4.61. The summed E-state index contributed by atoms with van der Waals surface area (Å²) in [6.07, 6.45) is 1.87. The van der Waals surface area contributed by atoms with Crippen LogP contribution in [0.2, 0.25) is 0 Å². The number of piperazine rings is 1. The van der Waals surface area contributed by atoms with Gasteiger partial charge in [0.1, 0.15) is 0 Å². The fraction of sp³-hybridized carbons (Fsp3) is 0.385. The molecule has 0 aliphatic carbocycles. The SMILES string of the molecule is N#Cc1ccc2c(c1)CC1CN(C=O)CCN21. The molecule has 4 heteroatoms. The van der Waals surface area contributed by atoms with E-state index >= 15 is 0 Å². The lowest BCUT2D eigenvalue weighted by Crippen LogP contribution is -2.51. The van der Waals surface area contributed by atoms with E-state index in [9.17, 15) is 4.79 Å². The number of hydrogen-bond acceptors (Lipinski definition) is 3. The summed E-state index contributed by atoms with van der Waals surface area (Å²) in [4.78, 5) is 15.0. The molecule has 1 aromatic rings. The molecule has 0 N–H and O–H groups in total. The van der Waals surface area contributed by atoms with Crippen molar-refractivity contribution in [2.45, 2.75) is 12.5 Å². The van der Waals surface area contributed by atoms with Crippen LogP contribution in [0.25, 0.3) is 0 Å². The molecule has 1 amide bonds. The van der Waals surface area contributed by atoms with Gasteiger partial charge in [-0.1, -0.05) is 0 Å². The normalized spacial score (nSPS) is 21.7. The first-order chi connectivity index (χ1) is 8.31. The van der Waals surface area contributed by atoms with Crippen LogP contribution in [0.5, 0.6) is 0 Å². The molecule has 1 unspecified atom stereocenters. The Morgan fingerprint density at radius 1 is 1.41 bits per heavy atom. The van der Waals surface area contributed by atoms with E-state index in [4.69, 9.17) is 5.26 Å². The Morgan fingerprint density at radius 2 is 2.29 bits per heavy atom. The fourth-order valence-electron chi connectivity index (χ4n) is 2.82. The van der Waals surface area contributed by atoms with Gasteiger partial charge in [0, 0.05) is 25.3 Å². The van der Waals surface area contributed by atoms with Crippen LogP contribution < -0.4 is 4.90 Å². The first kappa shape index (κ1) is 10.2. The highest BCUT2D eigenvalue weighted by Gasteiger charge is 2.33. The van der Waals surface area contributed by atoms with Gasteiger partial charge in [0.2, 0.25) is 6.41 Å². The van der Waals surface area contributed by atoms with Gasteiger partial charge in [0.25, 0.3) is 0 Å². The Bertz CT molecular complexity index is 506. The van der Waals surface area contributed by atoms with Gasteiger partial charge in [-0.25, -0.2) is 0 Å². The van der Waals surface area contributed by atoms with Gasteiger partial charge in [-0.05, 0) is 30.2 Å². The Balaban J connectivity index is 1.91. The zero-order valence-electron chi connectivity index (χ0n) is 9.47. The quantitative estimate of drug-likeness (QED) is 0.665. The van der Waals surface area contributed by atoms with Crippen molar-refractivity contribution < 1.29 is 4.79 Å². The number of nitriles is 1. The molecule has 1 aromatic carbocycles. The predicted molar refractivity (Wildman–Crippen MR) is 63.6 cm³/mol. The van der Waals surface area contributed by atoms with Crippen molar-refractivity contribution in [3.63, 3.8) is 0 Å². The minimum atomic E-state index is 0.387. The third-order valence-corrected chi connectivity index (χ3v) is 3.64. The monoisotopic (exact) mass is 227 g/mol. The Labute approximate surface area is 100 Å². The molecule has 1 fully saturated rings. The maximum Gasteiger partial charge on any atom is 0.209 e. The van der Waals surface area contributed by atoms with E-state index < -0.39 is 0 Å². The highest BCUT2D eigenvalue weighted by atomic mass is 16.1. The van der Waals surface area contributed by atoms with Gasteiger partial charge in [-0.15, -0.1) is 0 Å². The van der Waals surface area contributed by atoms with Crippen molar-refractivity contribution >= 4 is 12.1 Å². The minimum Gasteiger partial charge on any atom is -0.364 e. The molecule has 1 atom stereocenters. The molecule has 86 valence electrons. The molecular weight excluding hydrogens is 214 g/mol. The minimum absolute atomic E-state index is 0.387. The lowest BCUT2D eigenvalue weighted by Gasteiger charge is -2.37. The molecule has 0 spiro atoms. The summed E-state index contributed by atoms with van der Waals surface area (Å²) in [5.41, 5.74) is 3.19. The third kappa shape index (κ3) is 1.55. The number of benzene rings is 1. The molecule has 3 rings (SSSR count). The van der Waals surface area contributed by atoms with Crippen LogP contribution >= 0.6 is 0 Å². The summed E-state index contributed by atoms with van der Waals surface area (Å²) >= 11 is 0. The van der Waals surface area contributed by atoms with E-state index in [1.165, 1.54) is 11.3 Å². The average molecular weight is 227 g/mol. The summed E-state index contributed by atoms with van der Waals surface area (Å²) in [7, 11) is 0. The zero-order valence-corrected chi connectivity index (χ0v) is 9.47. The van der Waals surface area contributed by atoms with E-state index in [1.807, 2.05) is 23.1 Å². The van der Waals surface area contributed by atoms with Crippen molar-refractivity contribution in [2.75, 3.05) is 24.5 Å². The Kier molecular flexibility index (Phi) is 2.25. The number of carbonyl (C=O) groups excluding carboxylic acids is 1. The molecule has 17 heavy (non-hydrogen) atoms. The number of carbonyl (C=O) groups is 1. The molecular formula is C13H13N3O. The molecule has 0 saturated carbocycles. The fourth-order valence-corrected chi connectivity index (χ4v) is 2.82. The zero-order chi connectivity index (χ0) is 11.8. The predicted octanol–water partition coefficient (Wildman–Crippen LogP) is 0.761. The van der Waals surface area contributed by atoms with Crippen molar-refractivity contribution in [3.05, 3.63) is 29.3 Å². The van der Waals surface area contributed by atoms with E-state index in [-0.39, 0.29) is 0 Å². The van der Waals surface area contributed by atoms with Crippen molar-refractivity contribution in [1.29, 1.82) is 5.26 Å². The summed E-state index contributed by atoms with van der Waals surface area (Å²) in [6.45, 7) is 2.47. The Morgan fingerprint density at radius 3 is 3.06 bits per heavy atom. The number of amides is 1. The van der Waals surface area contributed by atoms with Crippen molar-refractivity contribution in [1.82, 2.24) is 4.90 Å². The second-order valence-electron chi connectivity index (χ2n) is 4.61. The average Bonchev–Trinajstić information content (AvgIpc) is 2.74. The number of rotatable bonds is 1. The lowest BCUT2D eigenvalue weighted by molar-refractivity contribution is -0.118. The van der Waals surface area contributed by atoms with Crippen LogP contribution in [-0.2, 0) is 11.2 Å². The summed E-state index contributed by atoms with van der Waals surface area (Å²) < 4.78 is 0.